The summed E-state index contributed by atoms with van der Waals surface area (Å²) in [5.41, 5.74) is 4.24. The van der Waals surface area contributed by atoms with Crippen LogP contribution >= 0.6 is 0 Å². The minimum atomic E-state index is -0.355. The number of hydrogen-bond donors (Lipinski definition) is 3. The highest BCUT2D eigenvalue weighted by Gasteiger charge is 2.25. The van der Waals surface area contributed by atoms with Crippen LogP contribution < -0.4 is 15.5 Å². The van der Waals surface area contributed by atoms with Crippen molar-refractivity contribution in [3.8, 4) is 5.75 Å². The van der Waals surface area contributed by atoms with Gasteiger partial charge in [-0.15, -0.1) is 0 Å². The van der Waals surface area contributed by atoms with E-state index in [-0.39, 0.29) is 11.7 Å². The van der Waals surface area contributed by atoms with E-state index in [1.54, 1.807) is 36.1 Å². The minimum Gasteiger partial charge on any atom is -0.505 e. The second-order valence-electron chi connectivity index (χ2n) is 8.85. The van der Waals surface area contributed by atoms with Gasteiger partial charge in [-0.25, -0.2) is 0 Å². The third-order valence-corrected chi connectivity index (χ3v) is 6.12. The molecule has 0 unspecified atom stereocenters. The molecule has 1 aliphatic heterocycles. The first-order valence-electron chi connectivity index (χ1n) is 11.0. The summed E-state index contributed by atoms with van der Waals surface area (Å²) < 4.78 is 1.68. The van der Waals surface area contributed by atoms with Gasteiger partial charge in [-0.2, -0.15) is 5.10 Å². The summed E-state index contributed by atoms with van der Waals surface area (Å²) in [5.74, 6) is -0.350. The van der Waals surface area contributed by atoms with E-state index in [9.17, 15) is 9.90 Å². The van der Waals surface area contributed by atoms with E-state index in [0.29, 0.717) is 45.4 Å². The molecule has 9 nitrogen and oxygen atoms in total. The second kappa shape index (κ2) is 8.00. The number of nitrogens with one attached hydrogen (secondary N) is 2. The normalized spacial score (nSPS) is 18.7. The molecule has 1 saturated heterocycles. The number of carbonyl (C=O) groups excluding carboxylic acids is 1. The van der Waals surface area contributed by atoms with Crippen molar-refractivity contribution < 1.29 is 9.90 Å². The molecule has 3 N–H and O–H groups in total. The number of phenols is 1. The van der Waals surface area contributed by atoms with Gasteiger partial charge in [0.15, 0.2) is 0 Å². The number of benzene rings is 2. The van der Waals surface area contributed by atoms with Crippen LogP contribution in [-0.2, 0) is 7.05 Å². The summed E-state index contributed by atoms with van der Waals surface area (Å²) in [6.45, 7) is 7.79. The number of aryl methyl sites for hydroxylation is 2. The third-order valence-electron chi connectivity index (χ3n) is 6.12. The third kappa shape index (κ3) is 3.74. The van der Waals surface area contributed by atoms with Crippen molar-refractivity contribution in [2.45, 2.75) is 32.9 Å². The Morgan fingerprint density at radius 3 is 2.55 bits per heavy atom. The molecule has 170 valence electrons. The number of rotatable bonds is 3. The summed E-state index contributed by atoms with van der Waals surface area (Å²) in [5, 5.41) is 22.3. The van der Waals surface area contributed by atoms with Crippen LogP contribution in [0.2, 0.25) is 0 Å². The van der Waals surface area contributed by atoms with Crippen LogP contribution in [0.25, 0.3) is 21.9 Å². The fraction of sp³-hybridized carbons (Fsp3) is 0.333. The van der Waals surface area contributed by atoms with Gasteiger partial charge < -0.3 is 20.6 Å². The largest absolute Gasteiger partial charge is 0.505 e. The number of amides is 1. The Hall–Kier alpha value is -3.72. The first kappa shape index (κ1) is 21.1. The number of anilines is 2. The number of hydrogen-bond acceptors (Lipinski definition) is 7. The molecule has 5 rings (SSSR count). The van der Waals surface area contributed by atoms with Crippen molar-refractivity contribution in [1.82, 2.24) is 25.1 Å². The zero-order valence-electron chi connectivity index (χ0n) is 19.1. The Morgan fingerprint density at radius 1 is 1.12 bits per heavy atom. The molecule has 4 aromatic rings. The van der Waals surface area contributed by atoms with Crippen molar-refractivity contribution in [2.75, 3.05) is 23.3 Å². The summed E-state index contributed by atoms with van der Waals surface area (Å²) in [7, 11) is 1.82. The lowest BCUT2D eigenvalue weighted by Gasteiger charge is -2.38. The standard InChI is InChI=1S/C24H27N7O2/c1-13-10-31(11-14(2)27-13)19-6-5-17(21-22(19)26-8-7-25-21)24(33)28-18-9-16-12-30(4)29-20(16)15(3)23(18)32/h5-9,12-14,27,32H,10-11H2,1-4H3,(H,28,33)/t13-,14+. The molecule has 0 saturated carbocycles. The molecular weight excluding hydrogens is 418 g/mol. The molecule has 1 amide bonds. The number of aromatic hydroxyl groups is 1. The van der Waals surface area contributed by atoms with E-state index in [0.717, 1.165) is 24.2 Å². The van der Waals surface area contributed by atoms with Crippen LogP contribution in [0.4, 0.5) is 11.4 Å². The number of aromatic nitrogens is 4. The van der Waals surface area contributed by atoms with Gasteiger partial charge in [0.1, 0.15) is 16.8 Å². The lowest BCUT2D eigenvalue weighted by molar-refractivity contribution is 0.102. The van der Waals surface area contributed by atoms with Crippen molar-refractivity contribution >= 4 is 39.2 Å². The molecular formula is C24H27N7O2. The number of piperazine rings is 1. The molecule has 0 aliphatic carbocycles. The lowest BCUT2D eigenvalue weighted by Crippen LogP contribution is -2.54. The van der Waals surface area contributed by atoms with Gasteiger partial charge in [0, 0.05) is 61.8 Å². The maximum Gasteiger partial charge on any atom is 0.258 e. The van der Waals surface area contributed by atoms with E-state index in [1.165, 1.54) is 0 Å². The van der Waals surface area contributed by atoms with Crippen LogP contribution in [0.5, 0.6) is 5.75 Å². The molecule has 0 radical (unpaired) electrons. The molecule has 33 heavy (non-hydrogen) atoms. The molecule has 2 atom stereocenters. The monoisotopic (exact) mass is 445 g/mol. The highest BCUT2D eigenvalue weighted by atomic mass is 16.3. The Morgan fingerprint density at radius 2 is 1.82 bits per heavy atom. The average Bonchev–Trinajstić information content (AvgIpc) is 3.16. The van der Waals surface area contributed by atoms with Gasteiger partial charge in [-0.05, 0) is 39.0 Å². The Bertz CT molecular complexity index is 1370. The smallest absolute Gasteiger partial charge is 0.258 e. The average molecular weight is 446 g/mol. The number of carbonyl (C=O) groups is 1. The summed E-state index contributed by atoms with van der Waals surface area (Å²) in [6.07, 6.45) is 5.09. The molecule has 0 bridgehead atoms. The van der Waals surface area contributed by atoms with Gasteiger partial charge in [0.25, 0.3) is 5.91 Å². The van der Waals surface area contributed by atoms with Gasteiger partial charge in [0.05, 0.1) is 22.5 Å². The summed E-state index contributed by atoms with van der Waals surface area (Å²) >= 11 is 0. The van der Waals surface area contributed by atoms with E-state index >= 15 is 0 Å². The topological polar surface area (TPSA) is 108 Å². The second-order valence-corrected chi connectivity index (χ2v) is 8.85. The predicted octanol–water partition coefficient (Wildman–Crippen LogP) is 2.97. The van der Waals surface area contributed by atoms with Crippen LogP contribution in [0, 0.1) is 6.92 Å². The lowest BCUT2D eigenvalue weighted by atomic mass is 10.1. The van der Waals surface area contributed by atoms with Crippen LogP contribution in [0.1, 0.15) is 29.8 Å². The predicted molar refractivity (Wildman–Crippen MR) is 129 cm³/mol. The number of fused-ring (bicyclic) bond motifs is 2. The molecule has 1 aliphatic rings. The molecule has 2 aromatic carbocycles. The maximum absolute atomic E-state index is 13.3. The number of nitrogens with zero attached hydrogens (tertiary/aromatic N) is 5. The highest BCUT2D eigenvalue weighted by molar-refractivity contribution is 6.14. The minimum absolute atomic E-state index is 0.00496. The van der Waals surface area contributed by atoms with E-state index < -0.39 is 0 Å². The molecule has 2 aromatic heterocycles. The molecule has 3 heterocycles. The van der Waals surface area contributed by atoms with E-state index in [2.05, 4.69) is 44.4 Å². The van der Waals surface area contributed by atoms with Gasteiger partial charge in [-0.3, -0.25) is 19.4 Å². The van der Waals surface area contributed by atoms with Gasteiger partial charge in [-0.1, -0.05) is 0 Å². The van der Waals surface area contributed by atoms with Crippen molar-refractivity contribution in [2.24, 2.45) is 7.05 Å². The Kier molecular flexibility index (Phi) is 5.13. The maximum atomic E-state index is 13.3. The van der Waals surface area contributed by atoms with Crippen molar-refractivity contribution in [3.05, 3.63) is 47.9 Å². The zero-order chi connectivity index (χ0) is 23.3. The summed E-state index contributed by atoms with van der Waals surface area (Å²) in [4.78, 5) is 24.6. The molecule has 0 spiro atoms. The van der Waals surface area contributed by atoms with Gasteiger partial charge in [0.2, 0.25) is 0 Å². The SMILES string of the molecule is Cc1c(O)c(NC(=O)c2ccc(N3C[C@@H](C)N[C@@H](C)C3)c3nccnc23)cc2cn(C)nc12. The highest BCUT2D eigenvalue weighted by Crippen LogP contribution is 2.35. The molecule has 1 fully saturated rings. The Labute approximate surface area is 191 Å². The summed E-state index contributed by atoms with van der Waals surface area (Å²) in [6, 6.07) is 6.14. The van der Waals surface area contributed by atoms with Crippen molar-refractivity contribution in [3.63, 3.8) is 0 Å². The van der Waals surface area contributed by atoms with E-state index in [4.69, 9.17) is 0 Å². The first-order valence-corrected chi connectivity index (χ1v) is 11.0. The van der Waals surface area contributed by atoms with Crippen LogP contribution in [-0.4, -0.2) is 55.9 Å². The zero-order valence-corrected chi connectivity index (χ0v) is 19.1. The quantitative estimate of drug-likeness (QED) is 0.416. The number of phenolic OH excluding ortho intramolecular Hbond substituents is 1. The van der Waals surface area contributed by atoms with Gasteiger partial charge >= 0.3 is 0 Å². The van der Waals surface area contributed by atoms with Crippen molar-refractivity contribution in [1.29, 1.82) is 0 Å². The fourth-order valence-electron chi connectivity index (χ4n) is 4.73. The molecule has 9 heteroatoms. The van der Waals surface area contributed by atoms with Crippen LogP contribution in [0.3, 0.4) is 0 Å². The first-order chi connectivity index (χ1) is 15.8. The Balaban J connectivity index is 1.53. The van der Waals surface area contributed by atoms with Crippen LogP contribution in [0.15, 0.2) is 36.8 Å². The van der Waals surface area contributed by atoms with E-state index in [1.807, 2.05) is 19.3 Å². The fourth-order valence-corrected chi connectivity index (χ4v) is 4.73.